The highest BCUT2D eigenvalue weighted by molar-refractivity contribution is 6.31. The molecule has 0 spiro atoms. The number of carbonyl (C=O) groups excluding carboxylic acids is 2. The van der Waals surface area contributed by atoms with Crippen LogP contribution in [0.3, 0.4) is 0 Å². The summed E-state index contributed by atoms with van der Waals surface area (Å²) in [5, 5.41) is 4.28. The number of amides is 3. The first-order chi connectivity index (χ1) is 15.0. The smallest absolute Gasteiger partial charge is 0.328 e. The topological polar surface area (TPSA) is 59.1 Å². The molecule has 3 aliphatic rings. The number of rotatable bonds is 3. The molecule has 3 aliphatic heterocycles. The van der Waals surface area contributed by atoms with Crippen molar-refractivity contribution in [2.75, 3.05) is 25.0 Å². The molecule has 162 valence electrons. The number of fused-ring (bicyclic) bond motifs is 3. The summed E-state index contributed by atoms with van der Waals surface area (Å²) in [4.78, 5) is 34.1. The highest BCUT2D eigenvalue weighted by Crippen LogP contribution is 2.35. The Morgan fingerprint density at radius 1 is 1.06 bits per heavy atom. The molecule has 0 aliphatic carbocycles. The van der Waals surface area contributed by atoms with Gasteiger partial charge in [0, 0.05) is 30.8 Å². The molecule has 3 heterocycles. The van der Waals surface area contributed by atoms with Gasteiger partial charge in [-0.1, -0.05) is 48.0 Å². The first kappa shape index (κ1) is 20.3. The summed E-state index contributed by atoms with van der Waals surface area (Å²) >= 11 is 6.39. The number of hydrogen-bond acceptors (Lipinski definition) is 5. The normalized spacial score (nSPS) is 26.3. The van der Waals surface area contributed by atoms with Crippen LogP contribution in [-0.4, -0.2) is 65.3 Å². The van der Waals surface area contributed by atoms with Crippen molar-refractivity contribution in [1.82, 2.24) is 20.0 Å². The molecule has 0 radical (unpaired) electrons. The predicted molar refractivity (Wildman–Crippen MR) is 120 cm³/mol. The molecule has 3 atom stereocenters. The van der Waals surface area contributed by atoms with E-state index in [-0.39, 0.29) is 30.9 Å². The van der Waals surface area contributed by atoms with Gasteiger partial charge in [0.25, 0.3) is 5.91 Å². The Kier molecular flexibility index (Phi) is 5.12. The van der Waals surface area contributed by atoms with Gasteiger partial charge in [-0.25, -0.2) is 4.79 Å². The second-order valence-corrected chi connectivity index (χ2v) is 8.81. The summed E-state index contributed by atoms with van der Waals surface area (Å²) in [6.45, 7) is 3.94. The number of benzene rings is 2. The van der Waals surface area contributed by atoms with Crippen molar-refractivity contribution in [3.63, 3.8) is 0 Å². The van der Waals surface area contributed by atoms with E-state index in [1.54, 1.807) is 11.9 Å². The molecule has 5 rings (SSSR count). The Morgan fingerprint density at radius 2 is 1.84 bits per heavy atom. The fraction of sp³-hybridized carbons (Fsp3) is 0.391. The van der Waals surface area contributed by atoms with Gasteiger partial charge < -0.3 is 9.80 Å². The lowest BCUT2D eigenvalue weighted by atomic mass is 10.1. The number of imide groups is 1. The molecule has 0 aromatic heterocycles. The van der Waals surface area contributed by atoms with Crippen LogP contribution in [0.1, 0.15) is 17.5 Å². The fourth-order valence-corrected chi connectivity index (χ4v) is 5.15. The summed E-state index contributed by atoms with van der Waals surface area (Å²) < 4.78 is 0. The highest BCUT2D eigenvalue weighted by Gasteiger charge is 2.56. The summed E-state index contributed by atoms with van der Waals surface area (Å²) in [6.07, 6.45) is 0.394. The van der Waals surface area contributed by atoms with Crippen molar-refractivity contribution < 1.29 is 9.59 Å². The molecule has 0 bridgehead atoms. The number of hydrogen-bond donors (Lipinski definition) is 1. The zero-order valence-corrected chi connectivity index (χ0v) is 18.4. The number of halogens is 1. The van der Waals surface area contributed by atoms with E-state index in [1.807, 2.05) is 49.4 Å². The first-order valence-electron chi connectivity index (χ1n) is 10.6. The summed E-state index contributed by atoms with van der Waals surface area (Å²) in [6, 6.07) is 14.9. The van der Waals surface area contributed by atoms with Crippen LogP contribution in [0.5, 0.6) is 0 Å². The SMILES string of the molecule is Cc1c(Cl)cccc1N1CCCN2C3C(=O)N(Cc4ccccc4)C(=O)N(C)C3NC12. The summed E-state index contributed by atoms with van der Waals surface area (Å²) in [5.74, 6) is -0.142. The molecule has 3 unspecified atom stereocenters. The minimum atomic E-state index is -0.418. The number of nitrogens with zero attached hydrogens (tertiary/aromatic N) is 4. The lowest BCUT2D eigenvalue weighted by Gasteiger charge is -2.44. The molecule has 8 heteroatoms. The van der Waals surface area contributed by atoms with E-state index in [2.05, 4.69) is 21.2 Å². The van der Waals surface area contributed by atoms with Crippen molar-refractivity contribution in [2.24, 2.45) is 0 Å². The average Bonchev–Trinajstić information content (AvgIpc) is 3.18. The summed E-state index contributed by atoms with van der Waals surface area (Å²) in [7, 11) is 1.77. The lowest BCUT2D eigenvalue weighted by molar-refractivity contribution is -0.139. The number of urea groups is 1. The summed E-state index contributed by atoms with van der Waals surface area (Å²) in [5.41, 5.74) is 3.01. The van der Waals surface area contributed by atoms with E-state index in [1.165, 1.54) is 4.90 Å². The van der Waals surface area contributed by atoms with Gasteiger partial charge >= 0.3 is 6.03 Å². The third-order valence-corrected chi connectivity index (χ3v) is 7.01. The molecular formula is C23H26ClN5O2. The van der Waals surface area contributed by atoms with Crippen LogP contribution in [0.15, 0.2) is 48.5 Å². The van der Waals surface area contributed by atoms with Gasteiger partial charge in [-0.05, 0) is 36.6 Å². The number of carbonyl (C=O) groups is 2. The second kappa shape index (κ2) is 7.82. The monoisotopic (exact) mass is 439 g/mol. The van der Waals surface area contributed by atoms with Gasteiger partial charge in [0.1, 0.15) is 18.5 Å². The Hall–Kier alpha value is -2.61. The Labute approximate surface area is 187 Å². The lowest BCUT2D eigenvalue weighted by Crippen LogP contribution is -2.66. The van der Waals surface area contributed by atoms with Gasteiger partial charge in [0.05, 0.1) is 6.54 Å². The number of anilines is 1. The Bertz CT molecular complexity index is 1020. The first-order valence-corrected chi connectivity index (χ1v) is 11.0. The zero-order chi connectivity index (χ0) is 21.7. The van der Waals surface area contributed by atoms with Gasteiger partial charge in [0.15, 0.2) is 0 Å². The van der Waals surface area contributed by atoms with E-state index in [0.29, 0.717) is 0 Å². The van der Waals surface area contributed by atoms with Crippen LogP contribution in [0.25, 0.3) is 0 Å². The van der Waals surface area contributed by atoms with E-state index in [9.17, 15) is 9.59 Å². The maximum Gasteiger partial charge on any atom is 0.328 e. The van der Waals surface area contributed by atoms with Crippen LogP contribution in [-0.2, 0) is 11.3 Å². The van der Waals surface area contributed by atoms with Gasteiger partial charge in [-0.15, -0.1) is 0 Å². The van der Waals surface area contributed by atoms with Gasteiger partial charge in [0.2, 0.25) is 0 Å². The second-order valence-electron chi connectivity index (χ2n) is 8.40. The van der Waals surface area contributed by atoms with E-state index >= 15 is 0 Å². The van der Waals surface area contributed by atoms with Crippen molar-refractivity contribution >= 4 is 29.2 Å². The third-order valence-electron chi connectivity index (χ3n) is 6.60. The van der Waals surface area contributed by atoms with Crippen LogP contribution >= 0.6 is 11.6 Å². The molecular weight excluding hydrogens is 414 g/mol. The van der Waals surface area contributed by atoms with Gasteiger partial charge in [-0.3, -0.25) is 19.9 Å². The van der Waals surface area contributed by atoms with E-state index < -0.39 is 6.04 Å². The van der Waals surface area contributed by atoms with Crippen molar-refractivity contribution in [3.05, 3.63) is 64.7 Å². The minimum absolute atomic E-state index is 0.142. The van der Waals surface area contributed by atoms with E-state index in [0.717, 1.165) is 41.3 Å². The van der Waals surface area contributed by atoms with Crippen LogP contribution in [0, 0.1) is 6.92 Å². The zero-order valence-electron chi connectivity index (χ0n) is 17.7. The van der Waals surface area contributed by atoms with Crippen molar-refractivity contribution in [2.45, 2.75) is 38.4 Å². The molecule has 1 N–H and O–H groups in total. The Morgan fingerprint density at radius 3 is 2.61 bits per heavy atom. The molecule has 2 aromatic carbocycles. The van der Waals surface area contributed by atoms with Gasteiger partial charge in [-0.2, -0.15) is 0 Å². The largest absolute Gasteiger partial charge is 0.343 e. The van der Waals surface area contributed by atoms with E-state index in [4.69, 9.17) is 11.6 Å². The molecule has 3 saturated heterocycles. The third kappa shape index (κ3) is 3.28. The predicted octanol–water partition coefficient (Wildman–Crippen LogP) is 2.84. The highest BCUT2D eigenvalue weighted by atomic mass is 35.5. The minimum Gasteiger partial charge on any atom is -0.343 e. The quantitative estimate of drug-likeness (QED) is 0.797. The maximum absolute atomic E-state index is 13.5. The number of nitrogens with one attached hydrogen (secondary N) is 1. The Balaban J connectivity index is 1.46. The molecule has 31 heavy (non-hydrogen) atoms. The number of likely N-dealkylation sites (N-methyl/N-ethyl adjacent to an activating group) is 1. The van der Waals surface area contributed by atoms with Crippen LogP contribution in [0.2, 0.25) is 5.02 Å². The molecule has 0 saturated carbocycles. The van der Waals surface area contributed by atoms with Crippen molar-refractivity contribution in [3.8, 4) is 0 Å². The van der Waals surface area contributed by atoms with Crippen LogP contribution in [0.4, 0.5) is 10.5 Å². The standard InChI is InChI=1S/C23H26ClN5O2/c1-15-17(24)10-6-11-18(15)27-12-7-13-28-19-20(25-22(27)28)26(2)23(31)29(21(19)30)14-16-8-4-3-5-9-16/h3-6,8-11,19-20,22,25H,7,12-14H2,1-2H3. The van der Waals surface area contributed by atoms with Crippen LogP contribution < -0.4 is 10.2 Å². The fourth-order valence-electron chi connectivity index (χ4n) is 4.98. The molecule has 3 amide bonds. The molecule has 2 aromatic rings. The molecule has 3 fully saturated rings. The molecule has 7 nitrogen and oxygen atoms in total. The average molecular weight is 440 g/mol. The maximum atomic E-state index is 13.5. The van der Waals surface area contributed by atoms with Crippen molar-refractivity contribution in [1.29, 1.82) is 0 Å².